The summed E-state index contributed by atoms with van der Waals surface area (Å²) in [7, 11) is 0. The molecule has 0 unspecified atom stereocenters. The Labute approximate surface area is 98.2 Å². The highest BCUT2D eigenvalue weighted by Gasteiger charge is 2.21. The minimum absolute atomic E-state index is 0.109. The van der Waals surface area contributed by atoms with Crippen molar-refractivity contribution in [3.8, 4) is 0 Å². The van der Waals surface area contributed by atoms with Crippen LogP contribution in [0, 0.1) is 11.6 Å². The predicted molar refractivity (Wildman–Crippen MR) is 60.6 cm³/mol. The summed E-state index contributed by atoms with van der Waals surface area (Å²) in [6.07, 6.45) is 2.73. The van der Waals surface area contributed by atoms with Gasteiger partial charge in [-0.15, -0.1) is 0 Å². The molecule has 1 heterocycles. The Bertz CT molecular complexity index is 417. The lowest BCUT2D eigenvalue weighted by molar-refractivity contribution is -0.118. The molecule has 1 aromatic rings. The highest BCUT2D eigenvalue weighted by molar-refractivity contribution is 5.94. The van der Waals surface area contributed by atoms with Gasteiger partial charge in [0.2, 0.25) is 5.91 Å². The zero-order chi connectivity index (χ0) is 12.3. The van der Waals surface area contributed by atoms with Gasteiger partial charge >= 0.3 is 0 Å². The molecule has 0 aromatic heterocycles. The fraction of sp³-hybridized carbons (Fsp3) is 0.417. The summed E-state index contributed by atoms with van der Waals surface area (Å²) in [6.45, 7) is 0.781. The summed E-state index contributed by atoms with van der Waals surface area (Å²) in [5, 5.41) is 5.45. The van der Waals surface area contributed by atoms with Gasteiger partial charge in [-0.3, -0.25) is 4.79 Å². The third-order valence-corrected chi connectivity index (χ3v) is 2.81. The first-order chi connectivity index (χ1) is 8.16. The van der Waals surface area contributed by atoms with Gasteiger partial charge in [-0.1, -0.05) is 6.42 Å². The molecule has 1 atom stereocenters. The van der Waals surface area contributed by atoms with Crippen LogP contribution in [0.25, 0.3) is 0 Å². The fourth-order valence-corrected chi connectivity index (χ4v) is 1.89. The van der Waals surface area contributed by atoms with E-state index in [0.717, 1.165) is 44.0 Å². The fourth-order valence-electron chi connectivity index (χ4n) is 1.89. The van der Waals surface area contributed by atoms with Crippen LogP contribution in [0.3, 0.4) is 0 Å². The highest BCUT2D eigenvalue weighted by Crippen LogP contribution is 2.16. The van der Waals surface area contributed by atoms with Crippen LogP contribution in [-0.2, 0) is 4.79 Å². The van der Waals surface area contributed by atoms with Crippen LogP contribution in [0.2, 0.25) is 0 Å². The molecule has 0 bridgehead atoms. The third kappa shape index (κ3) is 3.00. The number of benzene rings is 1. The van der Waals surface area contributed by atoms with E-state index in [9.17, 15) is 13.6 Å². The van der Waals surface area contributed by atoms with Crippen molar-refractivity contribution in [3.63, 3.8) is 0 Å². The van der Waals surface area contributed by atoms with E-state index in [1.54, 1.807) is 0 Å². The van der Waals surface area contributed by atoms with Crippen molar-refractivity contribution >= 4 is 11.6 Å². The van der Waals surface area contributed by atoms with Crippen molar-refractivity contribution < 1.29 is 13.6 Å². The van der Waals surface area contributed by atoms with Crippen molar-refractivity contribution in [2.75, 3.05) is 11.9 Å². The van der Waals surface area contributed by atoms with Gasteiger partial charge in [-0.2, -0.15) is 0 Å². The number of hydrogen-bond donors (Lipinski definition) is 2. The summed E-state index contributed by atoms with van der Waals surface area (Å²) in [5.74, 6) is -1.51. The zero-order valence-corrected chi connectivity index (χ0v) is 9.30. The lowest BCUT2D eigenvalue weighted by atomic mass is 10.0. The lowest BCUT2D eigenvalue weighted by Gasteiger charge is -2.22. The number of amides is 1. The van der Waals surface area contributed by atoms with E-state index in [1.165, 1.54) is 0 Å². The summed E-state index contributed by atoms with van der Waals surface area (Å²) < 4.78 is 26.2. The van der Waals surface area contributed by atoms with Crippen LogP contribution in [0.15, 0.2) is 18.2 Å². The first kappa shape index (κ1) is 12.0. The van der Waals surface area contributed by atoms with Gasteiger partial charge < -0.3 is 10.6 Å². The number of halogens is 2. The maximum absolute atomic E-state index is 13.3. The number of nitrogens with one attached hydrogen (secondary N) is 2. The summed E-state index contributed by atoms with van der Waals surface area (Å²) in [6, 6.07) is 2.69. The van der Waals surface area contributed by atoms with Crippen molar-refractivity contribution in [1.82, 2.24) is 5.32 Å². The molecule has 0 radical (unpaired) electrons. The Kier molecular flexibility index (Phi) is 3.68. The average Bonchev–Trinajstić information content (AvgIpc) is 2.35. The molecule has 0 saturated carbocycles. The molecule has 92 valence electrons. The zero-order valence-electron chi connectivity index (χ0n) is 9.30. The third-order valence-electron chi connectivity index (χ3n) is 2.81. The van der Waals surface area contributed by atoms with E-state index in [4.69, 9.17) is 0 Å². The molecule has 1 aliphatic heterocycles. The number of piperidine rings is 1. The summed E-state index contributed by atoms with van der Waals surface area (Å²) >= 11 is 0. The quantitative estimate of drug-likeness (QED) is 0.830. The average molecular weight is 240 g/mol. The van der Waals surface area contributed by atoms with Crippen LogP contribution in [-0.4, -0.2) is 18.5 Å². The number of hydrogen-bond acceptors (Lipinski definition) is 2. The number of carbonyl (C=O) groups excluding carboxylic acids is 1. The van der Waals surface area contributed by atoms with E-state index < -0.39 is 11.6 Å². The molecule has 2 N–H and O–H groups in total. The van der Waals surface area contributed by atoms with Gasteiger partial charge in [0.25, 0.3) is 0 Å². The monoisotopic (exact) mass is 240 g/mol. The second-order valence-corrected chi connectivity index (χ2v) is 4.12. The second kappa shape index (κ2) is 5.23. The molecule has 0 spiro atoms. The molecule has 1 fully saturated rings. The Morgan fingerprint density at radius 1 is 1.35 bits per heavy atom. The molecule has 1 aromatic carbocycles. The van der Waals surface area contributed by atoms with Crippen molar-refractivity contribution in [1.29, 1.82) is 0 Å². The number of anilines is 1. The van der Waals surface area contributed by atoms with E-state index in [2.05, 4.69) is 10.6 Å². The molecular weight excluding hydrogens is 226 g/mol. The summed E-state index contributed by atoms with van der Waals surface area (Å²) in [5.41, 5.74) is -0.109. The minimum Gasteiger partial charge on any atom is -0.322 e. The van der Waals surface area contributed by atoms with Crippen molar-refractivity contribution in [3.05, 3.63) is 29.8 Å². The lowest BCUT2D eigenvalue weighted by Crippen LogP contribution is -2.43. The Hall–Kier alpha value is -1.49. The van der Waals surface area contributed by atoms with E-state index in [-0.39, 0.29) is 17.6 Å². The van der Waals surface area contributed by atoms with E-state index >= 15 is 0 Å². The second-order valence-electron chi connectivity index (χ2n) is 4.12. The highest BCUT2D eigenvalue weighted by atomic mass is 19.1. The normalized spacial score (nSPS) is 20.0. The van der Waals surface area contributed by atoms with Gasteiger partial charge in [0, 0.05) is 6.07 Å². The van der Waals surface area contributed by atoms with Gasteiger partial charge in [-0.05, 0) is 31.5 Å². The van der Waals surface area contributed by atoms with Crippen LogP contribution in [0.1, 0.15) is 19.3 Å². The Balaban J connectivity index is 2.04. The smallest absolute Gasteiger partial charge is 0.241 e. The number of rotatable bonds is 2. The first-order valence-corrected chi connectivity index (χ1v) is 5.66. The molecule has 17 heavy (non-hydrogen) atoms. The predicted octanol–water partition coefficient (Wildman–Crippen LogP) is 2.05. The SMILES string of the molecule is O=C(Nc1cc(F)ccc1F)[C@@H]1CCCCN1. The van der Waals surface area contributed by atoms with Gasteiger partial charge in [0.15, 0.2) is 0 Å². The first-order valence-electron chi connectivity index (χ1n) is 5.66. The molecule has 1 aliphatic rings. The van der Waals surface area contributed by atoms with E-state index in [1.807, 2.05) is 0 Å². The van der Waals surface area contributed by atoms with Crippen molar-refractivity contribution in [2.24, 2.45) is 0 Å². The molecular formula is C12H14F2N2O. The maximum atomic E-state index is 13.3. The molecule has 0 aliphatic carbocycles. The molecule has 3 nitrogen and oxygen atoms in total. The number of carbonyl (C=O) groups is 1. The van der Waals surface area contributed by atoms with Crippen LogP contribution < -0.4 is 10.6 Å². The minimum atomic E-state index is -0.629. The van der Waals surface area contributed by atoms with Crippen LogP contribution in [0.5, 0.6) is 0 Å². The van der Waals surface area contributed by atoms with E-state index in [0.29, 0.717) is 0 Å². The maximum Gasteiger partial charge on any atom is 0.241 e. The largest absolute Gasteiger partial charge is 0.322 e. The van der Waals surface area contributed by atoms with Crippen LogP contribution in [0.4, 0.5) is 14.5 Å². The molecule has 1 saturated heterocycles. The topological polar surface area (TPSA) is 41.1 Å². The molecule has 1 amide bonds. The molecule has 2 rings (SSSR count). The standard InChI is InChI=1S/C12H14F2N2O/c13-8-4-5-9(14)11(7-8)16-12(17)10-3-1-2-6-15-10/h4-5,7,10,15H,1-3,6H2,(H,16,17)/t10-/m0/s1. The van der Waals surface area contributed by atoms with Gasteiger partial charge in [0.1, 0.15) is 11.6 Å². The van der Waals surface area contributed by atoms with Gasteiger partial charge in [0.05, 0.1) is 11.7 Å². The summed E-state index contributed by atoms with van der Waals surface area (Å²) in [4.78, 5) is 11.8. The van der Waals surface area contributed by atoms with Gasteiger partial charge in [-0.25, -0.2) is 8.78 Å². The Morgan fingerprint density at radius 2 is 2.18 bits per heavy atom. The van der Waals surface area contributed by atoms with Crippen molar-refractivity contribution in [2.45, 2.75) is 25.3 Å². The van der Waals surface area contributed by atoms with Crippen LogP contribution >= 0.6 is 0 Å². The Morgan fingerprint density at radius 3 is 2.88 bits per heavy atom. The molecule has 5 heteroatoms.